The lowest BCUT2D eigenvalue weighted by Gasteiger charge is -2.10. The van der Waals surface area contributed by atoms with Crippen LogP contribution in [0, 0.1) is 0 Å². The molecule has 1 amide bonds. The van der Waals surface area contributed by atoms with Crippen LogP contribution in [0.4, 0.5) is 11.4 Å². The Morgan fingerprint density at radius 1 is 1.29 bits per heavy atom. The van der Waals surface area contributed by atoms with Crippen LogP contribution in [-0.2, 0) is 0 Å². The first-order valence-electron chi connectivity index (χ1n) is 5.83. The van der Waals surface area contributed by atoms with E-state index >= 15 is 0 Å². The number of hydrogen-bond acceptors (Lipinski definition) is 7. The Bertz CT molecular complexity index is 820. The summed E-state index contributed by atoms with van der Waals surface area (Å²) in [5, 5.41) is 3.11. The Labute approximate surface area is 128 Å². The van der Waals surface area contributed by atoms with Crippen molar-refractivity contribution in [3.8, 4) is 0 Å². The number of hydrogen-bond donors (Lipinski definition) is 3. The number of rotatable bonds is 3. The van der Waals surface area contributed by atoms with Gasteiger partial charge in [0, 0.05) is 12.4 Å². The molecule has 0 aliphatic heterocycles. The highest BCUT2D eigenvalue weighted by atomic mass is 35.5. The molecule has 21 heavy (non-hydrogen) atoms. The number of pyridine rings is 1. The number of nitrogens with zero attached hydrogens (tertiary/aromatic N) is 3. The number of nitrogen functional groups attached to an aromatic ring is 1. The molecule has 3 rings (SSSR count). The summed E-state index contributed by atoms with van der Waals surface area (Å²) in [5.74, 6) is 4.99. The second kappa shape index (κ2) is 5.60. The fraction of sp³-hybridized carbons (Fsp3) is 0. The van der Waals surface area contributed by atoms with Gasteiger partial charge in [0.05, 0.1) is 33.7 Å². The maximum absolute atomic E-state index is 12.4. The van der Waals surface area contributed by atoms with Crippen LogP contribution in [-0.4, -0.2) is 19.6 Å². The van der Waals surface area contributed by atoms with E-state index in [0.29, 0.717) is 33.0 Å². The van der Waals surface area contributed by atoms with Gasteiger partial charge in [-0.25, -0.2) is 0 Å². The molecule has 7 nitrogen and oxygen atoms in total. The van der Waals surface area contributed by atoms with Gasteiger partial charge in [0.15, 0.2) is 0 Å². The highest BCUT2D eigenvalue weighted by Gasteiger charge is 2.16. The number of amides is 1. The number of halogens is 1. The molecule has 0 atom stereocenters. The van der Waals surface area contributed by atoms with Gasteiger partial charge in [-0.2, -0.15) is 8.75 Å². The lowest BCUT2D eigenvalue weighted by atomic mass is 10.2. The Morgan fingerprint density at radius 2 is 2.14 bits per heavy atom. The quantitative estimate of drug-likeness (QED) is 0.505. The first-order valence-corrected chi connectivity index (χ1v) is 6.94. The average Bonchev–Trinajstić information content (AvgIpc) is 2.98. The minimum Gasteiger partial charge on any atom is -0.323 e. The summed E-state index contributed by atoms with van der Waals surface area (Å²) in [7, 11) is 0. The van der Waals surface area contributed by atoms with Crippen molar-refractivity contribution in [1.29, 1.82) is 0 Å². The Hall–Kier alpha value is -2.29. The van der Waals surface area contributed by atoms with Crippen LogP contribution in [0.1, 0.15) is 10.4 Å². The monoisotopic (exact) mass is 320 g/mol. The van der Waals surface area contributed by atoms with Crippen LogP contribution in [0.15, 0.2) is 30.6 Å². The largest absolute Gasteiger partial charge is 0.323 e. The topological polar surface area (TPSA) is 106 Å². The molecule has 106 valence electrons. The van der Waals surface area contributed by atoms with Gasteiger partial charge < -0.3 is 10.7 Å². The molecule has 0 saturated heterocycles. The summed E-state index contributed by atoms with van der Waals surface area (Å²) >= 11 is 7.18. The zero-order chi connectivity index (χ0) is 14.8. The van der Waals surface area contributed by atoms with E-state index in [1.807, 2.05) is 0 Å². The van der Waals surface area contributed by atoms with Crippen molar-refractivity contribution in [1.82, 2.24) is 13.7 Å². The van der Waals surface area contributed by atoms with Gasteiger partial charge in [-0.05, 0) is 18.2 Å². The number of hydrazine groups is 1. The zero-order valence-corrected chi connectivity index (χ0v) is 12.1. The number of carbonyl (C=O) groups excluding carboxylic acids is 1. The molecule has 0 spiro atoms. The SMILES string of the molecule is NNc1ccncc1C(=O)Nc1c(Cl)ccc2nsnc12. The van der Waals surface area contributed by atoms with E-state index in [2.05, 4.69) is 24.5 Å². The molecule has 0 saturated carbocycles. The fourth-order valence-corrected chi connectivity index (χ4v) is 2.57. The van der Waals surface area contributed by atoms with Crippen molar-refractivity contribution in [2.45, 2.75) is 0 Å². The smallest absolute Gasteiger partial charge is 0.259 e. The standard InChI is InChI=1S/C12H9ClN6OS/c13-7-1-2-9-11(19-21-18-9)10(7)16-12(20)6-5-15-4-3-8(6)17-14/h1-5H,14H2,(H,15,17)(H,16,20). The molecule has 4 N–H and O–H groups in total. The molecule has 0 fully saturated rings. The number of carbonyl (C=O) groups is 1. The van der Waals surface area contributed by atoms with Gasteiger partial charge in [0.1, 0.15) is 11.0 Å². The first kappa shape index (κ1) is 13.7. The zero-order valence-electron chi connectivity index (χ0n) is 10.5. The van der Waals surface area contributed by atoms with Gasteiger partial charge in [-0.15, -0.1) is 0 Å². The Morgan fingerprint density at radius 3 is 2.95 bits per heavy atom. The minimum absolute atomic E-state index is 0.302. The highest BCUT2D eigenvalue weighted by molar-refractivity contribution is 7.00. The fourth-order valence-electron chi connectivity index (χ4n) is 1.83. The van der Waals surface area contributed by atoms with E-state index in [0.717, 1.165) is 11.7 Å². The molecule has 1 aromatic carbocycles. The van der Waals surface area contributed by atoms with Crippen molar-refractivity contribution in [2.75, 3.05) is 10.7 Å². The molecular formula is C12H9ClN6OS. The predicted molar refractivity (Wildman–Crippen MR) is 82.4 cm³/mol. The first-order chi connectivity index (χ1) is 10.2. The van der Waals surface area contributed by atoms with Crippen molar-refractivity contribution in [2.24, 2.45) is 5.84 Å². The molecule has 0 bridgehead atoms. The van der Waals surface area contributed by atoms with Crippen molar-refractivity contribution in [3.63, 3.8) is 0 Å². The van der Waals surface area contributed by atoms with Crippen LogP contribution < -0.4 is 16.6 Å². The van der Waals surface area contributed by atoms with E-state index in [1.54, 1.807) is 18.2 Å². The average molecular weight is 321 g/mol. The van der Waals surface area contributed by atoms with Gasteiger partial charge in [0.2, 0.25) is 0 Å². The third-order valence-electron chi connectivity index (χ3n) is 2.84. The maximum Gasteiger partial charge on any atom is 0.259 e. The van der Waals surface area contributed by atoms with Gasteiger partial charge >= 0.3 is 0 Å². The van der Waals surface area contributed by atoms with Gasteiger partial charge in [-0.3, -0.25) is 15.6 Å². The summed E-state index contributed by atoms with van der Waals surface area (Å²) < 4.78 is 8.25. The summed E-state index contributed by atoms with van der Waals surface area (Å²) in [6.45, 7) is 0. The molecule has 2 heterocycles. The summed E-state index contributed by atoms with van der Waals surface area (Å²) in [6, 6.07) is 5.00. The Kier molecular flexibility index (Phi) is 3.65. The number of aromatic nitrogens is 3. The highest BCUT2D eigenvalue weighted by Crippen LogP contribution is 2.30. The van der Waals surface area contributed by atoms with E-state index in [1.165, 1.54) is 12.4 Å². The molecule has 2 aromatic heterocycles. The van der Waals surface area contributed by atoms with Crippen molar-refractivity contribution < 1.29 is 4.79 Å². The lowest BCUT2D eigenvalue weighted by molar-refractivity contribution is 0.102. The molecule has 0 unspecified atom stereocenters. The predicted octanol–water partition coefficient (Wildman–Crippen LogP) is 2.28. The van der Waals surface area contributed by atoms with Crippen LogP contribution >= 0.6 is 23.3 Å². The minimum atomic E-state index is -0.390. The van der Waals surface area contributed by atoms with Crippen LogP contribution in [0.2, 0.25) is 5.02 Å². The summed E-state index contributed by atoms with van der Waals surface area (Å²) in [6.07, 6.45) is 2.95. The number of nitrogens with two attached hydrogens (primary N) is 1. The third-order valence-corrected chi connectivity index (χ3v) is 3.69. The van der Waals surface area contributed by atoms with Gasteiger partial charge in [-0.1, -0.05) is 11.6 Å². The second-order valence-corrected chi connectivity index (χ2v) is 5.01. The number of anilines is 2. The number of benzene rings is 1. The van der Waals surface area contributed by atoms with Crippen LogP contribution in [0.5, 0.6) is 0 Å². The molecule has 0 radical (unpaired) electrons. The Balaban J connectivity index is 2.00. The summed E-state index contributed by atoms with van der Waals surface area (Å²) in [4.78, 5) is 16.3. The molecule has 0 aliphatic rings. The normalized spacial score (nSPS) is 10.6. The van der Waals surface area contributed by atoms with Crippen molar-refractivity contribution >= 4 is 51.6 Å². The van der Waals surface area contributed by atoms with E-state index in [-0.39, 0.29) is 0 Å². The van der Waals surface area contributed by atoms with Crippen LogP contribution in [0.25, 0.3) is 11.0 Å². The third kappa shape index (κ3) is 2.51. The summed E-state index contributed by atoms with van der Waals surface area (Å²) in [5.41, 5.74) is 4.85. The van der Waals surface area contributed by atoms with Crippen molar-refractivity contribution in [3.05, 3.63) is 41.2 Å². The van der Waals surface area contributed by atoms with Gasteiger partial charge in [0.25, 0.3) is 5.91 Å². The van der Waals surface area contributed by atoms with Crippen LogP contribution in [0.3, 0.4) is 0 Å². The lowest BCUT2D eigenvalue weighted by Crippen LogP contribution is -2.17. The second-order valence-electron chi connectivity index (χ2n) is 4.07. The maximum atomic E-state index is 12.4. The number of nitrogens with one attached hydrogen (secondary N) is 2. The number of fused-ring (bicyclic) bond motifs is 1. The van der Waals surface area contributed by atoms with E-state index in [9.17, 15) is 4.79 Å². The molecule has 9 heteroatoms. The molecule has 3 aromatic rings. The van der Waals surface area contributed by atoms with E-state index in [4.69, 9.17) is 17.4 Å². The van der Waals surface area contributed by atoms with E-state index < -0.39 is 5.91 Å². The molecular weight excluding hydrogens is 312 g/mol. The molecule has 0 aliphatic carbocycles.